The molecule has 3 nitrogen and oxygen atoms in total. The second-order valence-electron chi connectivity index (χ2n) is 4.91. The summed E-state index contributed by atoms with van der Waals surface area (Å²) in [5.41, 5.74) is -0.872. The first-order chi connectivity index (χ1) is 6.33. The molecule has 0 radical (unpaired) electrons. The predicted octanol–water partition coefficient (Wildman–Crippen LogP) is 1.74. The summed E-state index contributed by atoms with van der Waals surface area (Å²) in [4.78, 5) is 10.9. The average Bonchev–Trinajstić information content (AvgIpc) is 1.95. The quantitative estimate of drug-likeness (QED) is 0.656. The molecule has 0 saturated heterocycles. The van der Waals surface area contributed by atoms with E-state index in [0.29, 0.717) is 12.3 Å². The van der Waals surface area contributed by atoms with E-state index in [4.69, 9.17) is 4.74 Å². The Morgan fingerprint density at radius 3 is 2.50 bits per heavy atom. The Bertz CT molecular complexity index is 223. The molecule has 0 aromatic rings. The van der Waals surface area contributed by atoms with E-state index >= 15 is 0 Å². The lowest BCUT2D eigenvalue weighted by Gasteiger charge is -2.43. The van der Waals surface area contributed by atoms with Crippen molar-refractivity contribution < 1.29 is 14.6 Å². The Labute approximate surface area is 85.5 Å². The highest BCUT2D eigenvalue weighted by Crippen LogP contribution is 2.37. The standard InChI is InChI=1S/C11H20O3/c1-7-5-8(2)10(14-9(3)12)11(4,13)6-7/h7-8,10,13H,5-6H2,1-4H3. The van der Waals surface area contributed by atoms with Gasteiger partial charge in [-0.15, -0.1) is 0 Å². The van der Waals surface area contributed by atoms with Crippen LogP contribution in [0, 0.1) is 11.8 Å². The van der Waals surface area contributed by atoms with E-state index in [9.17, 15) is 9.90 Å². The molecular formula is C11H20O3. The van der Waals surface area contributed by atoms with Crippen molar-refractivity contribution in [2.24, 2.45) is 11.8 Å². The number of carbonyl (C=O) groups excluding carboxylic acids is 1. The fourth-order valence-electron chi connectivity index (χ4n) is 2.70. The summed E-state index contributed by atoms with van der Waals surface area (Å²) in [5.74, 6) is 0.418. The third-order valence-corrected chi connectivity index (χ3v) is 2.96. The molecule has 14 heavy (non-hydrogen) atoms. The van der Waals surface area contributed by atoms with Gasteiger partial charge >= 0.3 is 5.97 Å². The van der Waals surface area contributed by atoms with E-state index < -0.39 is 5.60 Å². The van der Waals surface area contributed by atoms with Crippen LogP contribution in [-0.2, 0) is 9.53 Å². The molecule has 0 heterocycles. The van der Waals surface area contributed by atoms with Crippen molar-refractivity contribution in [3.8, 4) is 0 Å². The van der Waals surface area contributed by atoms with Gasteiger partial charge in [-0.3, -0.25) is 4.79 Å². The molecule has 1 N–H and O–H groups in total. The van der Waals surface area contributed by atoms with E-state index in [2.05, 4.69) is 6.92 Å². The number of hydrogen-bond acceptors (Lipinski definition) is 3. The fraction of sp³-hybridized carbons (Fsp3) is 0.909. The Balaban J connectivity index is 2.74. The van der Waals surface area contributed by atoms with Gasteiger partial charge < -0.3 is 9.84 Å². The minimum absolute atomic E-state index is 0.234. The van der Waals surface area contributed by atoms with E-state index in [1.807, 2.05) is 6.92 Å². The van der Waals surface area contributed by atoms with Gasteiger partial charge in [0, 0.05) is 6.92 Å². The maximum atomic E-state index is 10.9. The predicted molar refractivity (Wildman–Crippen MR) is 53.7 cm³/mol. The van der Waals surface area contributed by atoms with E-state index in [1.165, 1.54) is 6.92 Å². The van der Waals surface area contributed by atoms with Crippen LogP contribution in [0.25, 0.3) is 0 Å². The summed E-state index contributed by atoms with van der Waals surface area (Å²) in [6.45, 7) is 7.29. The van der Waals surface area contributed by atoms with Gasteiger partial charge in [-0.05, 0) is 31.6 Å². The maximum absolute atomic E-state index is 10.9. The zero-order valence-electron chi connectivity index (χ0n) is 9.41. The second-order valence-corrected chi connectivity index (χ2v) is 4.91. The van der Waals surface area contributed by atoms with Crippen LogP contribution in [0.5, 0.6) is 0 Å². The molecule has 0 aromatic heterocycles. The Morgan fingerprint density at radius 2 is 2.07 bits per heavy atom. The molecule has 0 amide bonds. The molecule has 1 saturated carbocycles. The first-order valence-corrected chi connectivity index (χ1v) is 5.22. The van der Waals surface area contributed by atoms with Crippen LogP contribution in [0.3, 0.4) is 0 Å². The van der Waals surface area contributed by atoms with Crippen molar-refractivity contribution in [3.63, 3.8) is 0 Å². The lowest BCUT2D eigenvalue weighted by Crippen LogP contribution is -2.50. The first-order valence-electron chi connectivity index (χ1n) is 5.22. The van der Waals surface area contributed by atoms with Crippen molar-refractivity contribution in [3.05, 3.63) is 0 Å². The summed E-state index contributed by atoms with van der Waals surface area (Å²) in [6.07, 6.45) is 1.36. The summed E-state index contributed by atoms with van der Waals surface area (Å²) >= 11 is 0. The van der Waals surface area contributed by atoms with Crippen LogP contribution in [0.15, 0.2) is 0 Å². The van der Waals surface area contributed by atoms with Crippen molar-refractivity contribution in [2.45, 2.75) is 52.2 Å². The number of esters is 1. The van der Waals surface area contributed by atoms with Crippen LogP contribution >= 0.6 is 0 Å². The summed E-state index contributed by atoms with van der Waals surface area (Å²) in [6, 6.07) is 0. The Kier molecular flexibility index (Phi) is 3.20. The van der Waals surface area contributed by atoms with Crippen molar-refractivity contribution in [1.82, 2.24) is 0 Å². The number of hydrogen-bond donors (Lipinski definition) is 1. The van der Waals surface area contributed by atoms with E-state index in [1.54, 1.807) is 6.92 Å². The maximum Gasteiger partial charge on any atom is 0.303 e. The molecule has 0 bridgehead atoms. The van der Waals surface area contributed by atoms with Gasteiger partial charge in [-0.1, -0.05) is 13.8 Å². The number of rotatable bonds is 1. The van der Waals surface area contributed by atoms with Gasteiger partial charge in [-0.2, -0.15) is 0 Å². The molecule has 0 aliphatic heterocycles. The highest BCUT2D eigenvalue weighted by atomic mass is 16.6. The zero-order valence-corrected chi connectivity index (χ0v) is 9.41. The van der Waals surface area contributed by atoms with Crippen LogP contribution in [-0.4, -0.2) is 22.8 Å². The van der Waals surface area contributed by atoms with Gasteiger partial charge in [0.1, 0.15) is 6.10 Å². The largest absolute Gasteiger partial charge is 0.459 e. The summed E-state index contributed by atoms with van der Waals surface area (Å²) in [7, 11) is 0. The molecule has 1 aliphatic rings. The molecule has 82 valence electrons. The van der Waals surface area contributed by atoms with Crippen LogP contribution in [0.4, 0.5) is 0 Å². The van der Waals surface area contributed by atoms with Crippen molar-refractivity contribution in [2.75, 3.05) is 0 Å². The Hall–Kier alpha value is -0.570. The lowest BCUT2D eigenvalue weighted by molar-refractivity contribution is -0.178. The summed E-state index contributed by atoms with van der Waals surface area (Å²) in [5, 5.41) is 10.1. The van der Waals surface area contributed by atoms with Crippen LogP contribution < -0.4 is 0 Å². The smallest absolute Gasteiger partial charge is 0.303 e. The highest BCUT2D eigenvalue weighted by Gasteiger charge is 2.43. The minimum atomic E-state index is -0.872. The van der Waals surface area contributed by atoms with Crippen molar-refractivity contribution in [1.29, 1.82) is 0 Å². The molecule has 1 fully saturated rings. The van der Waals surface area contributed by atoms with Crippen LogP contribution in [0.2, 0.25) is 0 Å². The average molecular weight is 200 g/mol. The molecule has 3 heteroatoms. The monoisotopic (exact) mass is 200 g/mol. The third-order valence-electron chi connectivity index (χ3n) is 2.96. The molecule has 0 aromatic carbocycles. The van der Waals surface area contributed by atoms with E-state index in [-0.39, 0.29) is 18.0 Å². The van der Waals surface area contributed by atoms with E-state index in [0.717, 1.165) is 6.42 Å². The summed E-state index contributed by atoms with van der Waals surface area (Å²) < 4.78 is 5.18. The highest BCUT2D eigenvalue weighted by molar-refractivity contribution is 5.66. The second kappa shape index (κ2) is 3.89. The minimum Gasteiger partial charge on any atom is -0.459 e. The number of aliphatic hydroxyl groups is 1. The molecule has 4 unspecified atom stereocenters. The Morgan fingerprint density at radius 1 is 1.50 bits per heavy atom. The fourth-order valence-corrected chi connectivity index (χ4v) is 2.70. The topological polar surface area (TPSA) is 46.5 Å². The van der Waals surface area contributed by atoms with Gasteiger partial charge in [0.15, 0.2) is 0 Å². The van der Waals surface area contributed by atoms with Gasteiger partial charge in [-0.25, -0.2) is 0 Å². The molecule has 1 aliphatic carbocycles. The molecule has 1 rings (SSSR count). The van der Waals surface area contributed by atoms with Gasteiger partial charge in [0.25, 0.3) is 0 Å². The lowest BCUT2D eigenvalue weighted by atomic mass is 9.72. The number of ether oxygens (including phenoxy) is 1. The molecular weight excluding hydrogens is 180 g/mol. The normalized spacial score (nSPS) is 43.4. The molecule has 4 atom stereocenters. The van der Waals surface area contributed by atoms with Crippen molar-refractivity contribution >= 4 is 5.97 Å². The third kappa shape index (κ3) is 2.47. The van der Waals surface area contributed by atoms with Gasteiger partial charge in [0.2, 0.25) is 0 Å². The van der Waals surface area contributed by atoms with Gasteiger partial charge in [0.05, 0.1) is 5.60 Å². The SMILES string of the molecule is CC(=O)OC1C(C)CC(C)CC1(C)O. The molecule has 0 spiro atoms. The van der Waals surface area contributed by atoms with Crippen LogP contribution in [0.1, 0.15) is 40.5 Å². The first kappa shape index (κ1) is 11.5. The number of carbonyl (C=O) groups is 1. The zero-order chi connectivity index (χ0) is 10.9.